The van der Waals surface area contributed by atoms with Crippen LogP contribution in [0.5, 0.6) is 11.5 Å². The Morgan fingerprint density at radius 3 is 2.74 bits per heavy atom. The van der Waals surface area contributed by atoms with Crippen LogP contribution >= 0.6 is 0 Å². The van der Waals surface area contributed by atoms with Crippen LogP contribution in [0, 0.1) is 5.82 Å². The summed E-state index contributed by atoms with van der Waals surface area (Å²) in [6.45, 7) is 0.705. The van der Waals surface area contributed by atoms with Crippen molar-refractivity contribution in [1.29, 1.82) is 0 Å². The predicted molar refractivity (Wildman–Crippen MR) is 86.9 cm³/mol. The number of carbonyl (C=O) groups excluding carboxylic acids is 1. The lowest BCUT2D eigenvalue weighted by atomic mass is 10.2. The quantitative estimate of drug-likeness (QED) is 0.631. The Labute approximate surface area is 134 Å². The van der Waals surface area contributed by atoms with E-state index in [1.165, 1.54) is 18.2 Å². The summed E-state index contributed by atoms with van der Waals surface area (Å²) < 4.78 is 23.6. The van der Waals surface area contributed by atoms with Crippen LogP contribution < -0.4 is 14.8 Å². The van der Waals surface area contributed by atoms with E-state index in [-0.39, 0.29) is 11.7 Å². The zero-order valence-electron chi connectivity index (χ0n) is 12.8. The summed E-state index contributed by atoms with van der Waals surface area (Å²) in [6, 6.07) is 13.3. The Kier molecular flexibility index (Phi) is 6.17. The molecular weight excluding hydrogens is 297 g/mol. The van der Waals surface area contributed by atoms with Crippen molar-refractivity contribution < 1.29 is 18.7 Å². The molecule has 0 radical (unpaired) electrons. The van der Waals surface area contributed by atoms with Crippen molar-refractivity contribution in [2.75, 3.05) is 20.3 Å². The second-order valence-corrected chi connectivity index (χ2v) is 4.71. The number of amides is 1. The monoisotopic (exact) mass is 315 g/mol. The fourth-order valence-corrected chi connectivity index (χ4v) is 1.88. The summed E-state index contributed by atoms with van der Waals surface area (Å²) in [5.41, 5.74) is 0.632. The molecule has 0 unspecified atom stereocenters. The van der Waals surface area contributed by atoms with Gasteiger partial charge in [-0.05, 0) is 35.9 Å². The maximum Gasteiger partial charge on any atom is 0.244 e. The molecular formula is C18H18FNO3. The highest BCUT2D eigenvalue weighted by atomic mass is 19.1. The molecule has 0 spiro atoms. The molecule has 0 saturated heterocycles. The molecule has 0 bridgehead atoms. The topological polar surface area (TPSA) is 47.6 Å². The minimum absolute atomic E-state index is 0.261. The fourth-order valence-electron chi connectivity index (χ4n) is 1.88. The summed E-state index contributed by atoms with van der Waals surface area (Å²) >= 11 is 0. The molecule has 0 fully saturated rings. The molecule has 4 nitrogen and oxygen atoms in total. The Hall–Kier alpha value is -2.82. The molecule has 0 atom stereocenters. The van der Waals surface area contributed by atoms with E-state index in [1.54, 1.807) is 31.4 Å². The van der Waals surface area contributed by atoms with Gasteiger partial charge in [-0.2, -0.15) is 0 Å². The SMILES string of the molecule is COc1cccc(OCCNC(=O)/C=C/c2cccc(F)c2)c1. The normalized spacial score (nSPS) is 10.5. The lowest BCUT2D eigenvalue weighted by Gasteiger charge is -2.07. The molecule has 0 aromatic heterocycles. The Morgan fingerprint density at radius 2 is 1.96 bits per heavy atom. The molecule has 0 saturated carbocycles. The van der Waals surface area contributed by atoms with Gasteiger partial charge in [0.25, 0.3) is 0 Å². The number of methoxy groups -OCH3 is 1. The third-order valence-electron chi connectivity index (χ3n) is 2.99. The van der Waals surface area contributed by atoms with E-state index >= 15 is 0 Å². The third kappa shape index (κ3) is 5.82. The van der Waals surface area contributed by atoms with Crippen LogP contribution in [0.25, 0.3) is 6.08 Å². The van der Waals surface area contributed by atoms with Crippen LogP contribution in [0.1, 0.15) is 5.56 Å². The number of ether oxygens (including phenoxy) is 2. The minimum atomic E-state index is -0.334. The van der Waals surface area contributed by atoms with Crippen LogP contribution in [0.4, 0.5) is 4.39 Å². The molecule has 0 aliphatic heterocycles. The minimum Gasteiger partial charge on any atom is -0.497 e. The number of carbonyl (C=O) groups is 1. The van der Waals surface area contributed by atoms with Gasteiger partial charge in [-0.3, -0.25) is 4.79 Å². The van der Waals surface area contributed by atoms with Crippen molar-refractivity contribution in [3.05, 3.63) is 66.0 Å². The van der Waals surface area contributed by atoms with E-state index in [9.17, 15) is 9.18 Å². The van der Waals surface area contributed by atoms with Gasteiger partial charge < -0.3 is 14.8 Å². The molecule has 2 aromatic carbocycles. The Balaban J connectivity index is 1.72. The first-order valence-corrected chi connectivity index (χ1v) is 7.16. The third-order valence-corrected chi connectivity index (χ3v) is 2.99. The van der Waals surface area contributed by atoms with E-state index in [0.29, 0.717) is 30.2 Å². The van der Waals surface area contributed by atoms with Crippen LogP contribution in [-0.4, -0.2) is 26.2 Å². The summed E-state index contributed by atoms with van der Waals surface area (Å²) in [5, 5.41) is 2.69. The van der Waals surface area contributed by atoms with Crippen molar-refractivity contribution in [3.8, 4) is 11.5 Å². The summed E-state index contributed by atoms with van der Waals surface area (Å²) in [6.07, 6.45) is 2.92. The summed E-state index contributed by atoms with van der Waals surface area (Å²) in [4.78, 5) is 11.6. The molecule has 1 N–H and O–H groups in total. The molecule has 23 heavy (non-hydrogen) atoms. The molecule has 2 aromatic rings. The maximum absolute atomic E-state index is 13.0. The Morgan fingerprint density at radius 1 is 1.17 bits per heavy atom. The first kappa shape index (κ1) is 16.5. The maximum atomic E-state index is 13.0. The van der Waals surface area contributed by atoms with Crippen molar-refractivity contribution in [1.82, 2.24) is 5.32 Å². The second kappa shape index (κ2) is 8.58. The van der Waals surface area contributed by atoms with Gasteiger partial charge in [0.2, 0.25) is 5.91 Å². The van der Waals surface area contributed by atoms with Gasteiger partial charge in [-0.1, -0.05) is 18.2 Å². The number of rotatable bonds is 7. The van der Waals surface area contributed by atoms with Crippen LogP contribution in [-0.2, 0) is 4.79 Å². The first-order chi connectivity index (χ1) is 11.2. The number of hydrogen-bond acceptors (Lipinski definition) is 3. The molecule has 0 aliphatic rings. The van der Waals surface area contributed by atoms with Gasteiger partial charge in [0, 0.05) is 12.1 Å². The molecule has 0 heterocycles. The standard InChI is InChI=1S/C18H18FNO3/c1-22-16-6-3-7-17(13-16)23-11-10-20-18(21)9-8-14-4-2-5-15(19)12-14/h2-9,12-13H,10-11H2,1H3,(H,20,21)/b9-8+. The zero-order valence-corrected chi connectivity index (χ0v) is 12.8. The van der Waals surface area contributed by atoms with Gasteiger partial charge in [-0.15, -0.1) is 0 Å². The van der Waals surface area contributed by atoms with Crippen molar-refractivity contribution in [2.24, 2.45) is 0 Å². The molecule has 0 aliphatic carbocycles. The van der Waals surface area contributed by atoms with E-state index < -0.39 is 0 Å². The van der Waals surface area contributed by atoms with Crippen molar-refractivity contribution >= 4 is 12.0 Å². The lowest BCUT2D eigenvalue weighted by Crippen LogP contribution is -2.26. The summed E-state index contributed by atoms with van der Waals surface area (Å²) in [5.74, 6) is 0.793. The largest absolute Gasteiger partial charge is 0.497 e. The average molecular weight is 315 g/mol. The lowest BCUT2D eigenvalue weighted by molar-refractivity contribution is -0.116. The highest BCUT2D eigenvalue weighted by Crippen LogP contribution is 2.18. The van der Waals surface area contributed by atoms with Gasteiger partial charge in [-0.25, -0.2) is 4.39 Å². The van der Waals surface area contributed by atoms with E-state index in [1.807, 2.05) is 18.2 Å². The van der Waals surface area contributed by atoms with Gasteiger partial charge >= 0.3 is 0 Å². The van der Waals surface area contributed by atoms with E-state index in [2.05, 4.69) is 5.32 Å². The molecule has 120 valence electrons. The predicted octanol–water partition coefficient (Wildman–Crippen LogP) is 3.04. The fraction of sp³-hybridized carbons (Fsp3) is 0.167. The van der Waals surface area contributed by atoms with E-state index in [0.717, 1.165) is 0 Å². The van der Waals surface area contributed by atoms with Crippen LogP contribution in [0.3, 0.4) is 0 Å². The second-order valence-electron chi connectivity index (χ2n) is 4.71. The summed E-state index contributed by atoms with van der Waals surface area (Å²) in [7, 11) is 1.59. The zero-order chi connectivity index (χ0) is 16.5. The average Bonchev–Trinajstić information content (AvgIpc) is 2.57. The number of nitrogens with one attached hydrogen (secondary N) is 1. The Bertz CT molecular complexity index is 685. The number of hydrogen-bond donors (Lipinski definition) is 1. The smallest absolute Gasteiger partial charge is 0.244 e. The van der Waals surface area contributed by atoms with E-state index in [4.69, 9.17) is 9.47 Å². The highest BCUT2D eigenvalue weighted by Gasteiger charge is 1.98. The highest BCUT2D eigenvalue weighted by molar-refractivity contribution is 5.91. The first-order valence-electron chi connectivity index (χ1n) is 7.16. The van der Waals surface area contributed by atoms with Gasteiger partial charge in [0.05, 0.1) is 13.7 Å². The molecule has 1 amide bonds. The van der Waals surface area contributed by atoms with Crippen LogP contribution in [0.2, 0.25) is 0 Å². The van der Waals surface area contributed by atoms with Gasteiger partial charge in [0.1, 0.15) is 23.9 Å². The van der Waals surface area contributed by atoms with Crippen molar-refractivity contribution in [3.63, 3.8) is 0 Å². The number of halogens is 1. The molecule has 2 rings (SSSR count). The van der Waals surface area contributed by atoms with Gasteiger partial charge in [0.15, 0.2) is 0 Å². The number of benzene rings is 2. The van der Waals surface area contributed by atoms with Crippen molar-refractivity contribution in [2.45, 2.75) is 0 Å². The van der Waals surface area contributed by atoms with Crippen LogP contribution in [0.15, 0.2) is 54.6 Å². The molecule has 5 heteroatoms.